The van der Waals surface area contributed by atoms with Gasteiger partial charge in [-0.15, -0.1) is 0 Å². The normalized spacial score (nSPS) is 13.7. The van der Waals surface area contributed by atoms with Crippen molar-refractivity contribution in [2.24, 2.45) is 5.92 Å². The van der Waals surface area contributed by atoms with Crippen molar-refractivity contribution in [1.82, 2.24) is 25.9 Å². The van der Waals surface area contributed by atoms with Crippen molar-refractivity contribution in [3.8, 4) is 11.4 Å². The quantitative estimate of drug-likeness (QED) is 0.516. The van der Waals surface area contributed by atoms with Gasteiger partial charge in [-0.25, -0.2) is 5.43 Å². The van der Waals surface area contributed by atoms with Gasteiger partial charge >= 0.3 is 6.01 Å². The van der Waals surface area contributed by atoms with Crippen molar-refractivity contribution in [2.75, 3.05) is 5.43 Å². The number of carbonyl (C=O) groups excluding carboxylic acids is 2. The van der Waals surface area contributed by atoms with E-state index >= 15 is 0 Å². The number of rotatable bonds is 7. The van der Waals surface area contributed by atoms with Crippen molar-refractivity contribution in [3.63, 3.8) is 0 Å². The monoisotopic (exact) mass is 406 g/mol. The molecule has 0 saturated heterocycles. The zero-order valence-electron chi connectivity index (χ0n) is 16.3. The van der Waals surface area contributed by atoms with Crippen molar-refractivity contribution in [2.45, 2.75) is 32.2 Å². The molecule has 2 amide bonds. The Morgan fingerprint density at radius 1 is 1.03 bits per heavy atom. The Hall–Kier alpha value is -3.75. The first-order chi connectivity index (χ1) is 14.7. The van der Waals surface area contributed by atoms with Gasteiger partial charge in [-0.2, -0.15) is 4.98 Å². The maximum atomic E-state index is 12.3. The number of hydrazine groups is 1. The average molecular weight is 406 g/mol. The van der Waals surface area contributed by atoms with E-state index in [1.165, 1.54) is 0 Å². The van der Waals surface area contributed by atoms with E-state index in [2.05, 4.69) is 31.3 Å². The molecule has 1 aromatic carbocycles. The van der Waals surface area contributed by atoms with Crippen LogP contribution in [0, 0.1) is 5.92 Å². The predicted octanol–water partition coefficient (Wildman–Crippen LogP) is 2.69. The van der Waals surface area contributed by atoms with E-state index in [9.17, 15) is 9.59 Å². The third-order valence-electron chi connectivity index (χ3n) is 5.06. The molecule has 154 valence electrons. The lowest BCUT2D eigenvalue weighted by Gasteiger charge is -2.10. The Morgan fingerprint density at radius 3 is 2.50 bits per heavy atom. The molecular weight excluding hydrogens is 384 g/mol. The summed E-state index contributed by atoms with van der Waals surface area (Å²) in [5.41, 5.74) is 7.27. The number of benzene rings is 1. The SMILES string of the molecule is O=C(NNc1nc(-c2ccncc2)no1)c1ccc(CNC(=O)C2CCCC2)cc1. The molecule has 9 nitrogen and oxygen atoms in total. The fraction of sp³-hybridized carbons (Fsp3) is 0.286. The fourth-order valence-corrected chi connectivity index (χ4v) is 3.37. The first-order valence-electron chi connectivity index (χ1n) is 9.86. The minimum Gasteiger partial charge on any atom is -0.352 e. The van der Waals surface area contributed by atoms with Crippen LogP contribution in [-0.2, 0) is 11.3 Å². The molecule has 9 heteroatoms. The second kappa shape index (κ2) is 9.17. The molecule has 0 aliphatic heterocycles. The molecule has 0 spiro atoms. The van der Waals surface area contributed by atoms with Crippen LogP contribution in [0.1, 0.15) is 41.6 Å². The number of carbonyl (C=O) groups is 2. The van der Waals surface area contributed by atoms with Gasteiger partial charge < -0.3 is 9.84 Å². The Labute approximate surface area is 173 Å². The molecule has 0 unspecified atom stereocenters. The molecule has 1 fully saturated rings. The number of amides is 2. The van der Waals surface area contributed by atoms with Gasteiger partial charge in [0.25, 0.3) is 5.91 Å². The topological polar surface area (TPSA) is 122 Å². The maximum Gasteiger partial charge on any atom is 0.340 e. The highest BCUT2D eigenvalue weighted by Crippen LogP contribution is 2.24. The van der Waals surface area contributed by atoms with Crippen molar-refractivity contribution in [3.05, 3.63) is 59.9 Å². The van der Waals surface area contributed by atoms with E-state index in [1.54, 1.807) is 36.7 Å². The molecule has 1 aliphatic rings. The molecule has 3 aromatic rings. The van der Waals surface area contributed by atoms with Gasteiger partial charge in [0, 0.05) is 36.0 Å². The smallest absolute Gasteiger partial charge is 0.340 e. The van der Waals surface area contributed by atoms with Gasteiger partial charge in [0.05, 0.1) is 0 Å². The summed E-state index contributed by atoms with van der Waals surface area (Å²) in [5.74, 6) is 0.299. The molecule has 1 aliphatic carbocycles. The van der Waals surface area contributed by atoms with E-state index in [1.807, 2.05) is 12.1 Å². The van der Waals surface area contributed by atoms with Gasteiger partial charge in [-0.3, -0.25) is 20.0 Å². The summed E-state index contributed by atoms with van der Waals surface area (Å²) in [6, 6.07) is 10.6. The highest BCUT2D eigenvalue weighted by Gasteiger charge is 2.22. The molecule has 30 heavy (non-hydrogen) atoms. The summed E-state index contributed by atoms with van der Waals surface area (Å²) in [5, 5.41) is 6.82. The van der Waals surface area contributed by atoms with Crippen LogP contribution in [0.15, 0.2) is 53.3 Å². The van der Waals surface area contributed by atoms with E-state index < -0.39 is 0 Å². The van der Waals surface area contributed by atoms with Crippen LogP contribution in [0.5, 0.6) is 0 Å². The number of hydrogen-bond acceptors (Lipinski definition) is 7. The molecule has 0 radical (unpaired) electrons. The van der Waals surface area contributed by atoms with Crippen LogP contribution in [0.4, 0.5) is 6.01 Å². The predicted molar refractivity (Wildman–Crippen MR) is 109 cm³/mol. The first-order valence-corrected chi connectivity index (χ1v) is 9.86. The number of hydrogen-bond donors (Lipinski definition) is 3. The number of pyridine rings is 1. The van der Waals surface area contributed by atoms with Gasteiger partial charge in [-0.05, 0) is 42.7 Å². The minimum atomic E-state index is -0.347. The van der Waals surface area contributed by atoms with Crippen molar-refractivity contribution in [1.29, 1.82) is 0 Å². The third-order valence-corrected chi connectivity index (χ3v) is 5.06. The van der Waals surface area contributed by atoms with E-state index in [0.717, 1.165) is 36.8 Å². The van der Waals surface area contributed by atoms with E-state index in [0.29, 0.717) is 17.9 Å². The van der Waals surface area contributed by atoms with E-state index in [-0.39, 0.29) is 23.7 Å². The maximum absolute atomic E-state index is 12.3. The number of anilines is 1. The lowest BCUT2D eigenvalue weighted by atomic mass is 10.1. The molecule has 1 saturated carbocycles. The van der Waals surface area contributed by atoms with Gasteiger partial charge in [0.1, 0.15) is 0 Å². The Balaban J connectivity index is 1.27. The van der Waals surface area contributed by atoms with Crippen LogP contribution >= 0.6 is 0 Å². The zero-order valence-corrected chi connectivity index (χ0v) is 16.3. The van der Waals surface area contributed by atoms with Crippen molar-refractivity contribution >= 4 is 17.8 Å². The highest BCUT2D eigenvalue weighted by atomic mass is 16.5. The Bertz CT molecular complexity index is 997. The zero-order chi connectivity index (χ0) is 20.8. The first kappa shape index (κ1) is 19.6. The van der Waals surface area contributed by atoms with Crippen LogP contribution in [-0.4, -0.2) is 26.9 Å². The highest BCUT2D eigenvalue weighted by molar-refractivity contribution is 5.94. The number of aromatic nitrogens is 3. The summed E-state index contributed by atoms with van der Waals surface area (Å²) >= 11 is 0. The van der Waals surface area contributed by atoms with Gasteiger partial charge in [0.15, 0.2) is 0 Å². The summed E-state index contributed by atoms with van der Waals surface area (Å²) < 4.78 is 5.07. The molecule has 0 bridgehead atoms. The van der Waals surface area contributed by atoms with Crippen LogP contribution in [0.3, 0.4) is 0 Å². The average Bonchev–Trinajstić information content (AvgIpc) is 3.49. The molecule has 4 rings (SSSR count). The molecule has 3 N–H and O–H groups in total. The van der Waals surface area contributed by atoms with Crippen molar-refractivity contribution < 1.29 is 14.1 Å². The van der Waals surface area contributed by atoms with E-state index in [4.69, 9.17) is 4.52 Å². The summed E-state index contributed by atoms with van der Waals surface area (Å²) in [7, 11) is 0. The minimum absolute atomic E-state index is 0.0707. The standard InChI is InChI=1S/C21H22N6O3/c28-19(16-3-1-2-4-16)23-13-14-5-7-17(8-6-14)20(29)25-26-21-24-18(27-30-21)15-9-11-22-12-10-15/h5-12,16H,1-4,13H2,(H,23,28)(H,25,29)(H,24,26,27). The van der Waals surface area contributed by atoms with Crippen LogP contribution < -0.4 is 16.2 Å². The summed E-state index contributed by atoms with van der Waals surface area (Å²) in [4.78, 5) is 32.5. The van der Waals surface area contributed by atoms with Crippen LogP contribution in [0.2, 0.25) is 0 Å². The van der Waals surface area contributed by atoms with Gasteiger partial charge in [-0.1, -0.05) is 30.1 Å². The number of nitrogens with zero attached hydrogens (tertiary/aromatic N) is 3. The number of nitrogens with one attached hydrogen (secondary N) is 3. The third kappa shape index (κ3) is 4.80. The molecule has 2 heterocycles. The second-order valence-corrected chi connectivity index (χ2v) is 7.13. The van der Waals surface area contributed by atoms with Crippen LogP contribution in [0.25, 0.3) is 11.4 Å². The molecule has 2 aromatic heterocycles. The summed E-state index contributed by atoms with van der Waals surface area (Å²) in [6.07, 6.45) is 7.47. The summed E-state index contributed by atoms with van der Waals surface area (Å²) in [6.45, 7) is 0.454. The lowest BCUT2D eigenvalue weighted by Crippen LogP contribution is -2.30. The fourth-order valence-electron chi connectivity index (χ4n) is 3.37. The Morgan fingerprint density at radius 2 is 1.77 bits per heavy atom. The lowest BCUT2D eigenvalue weighted by molar-refractivity contribution is -0.124. The molecular formula is C21H22N6O3. The molecule has 0 atom stereocenters. The largest absolute Gasteiger partial charge is 0.352 e. The Kier molecular flexibility index (Phi) is 5.98. The van der Waals surface area contributed by atoms with Gasteiger partial charge in [0.2, 0.25) is 11.7 Å². The second-order valence-electron chi connectivity index (χ2n) is 7.13.